The molecule has 0 aliphatic heterocycles. The van der Waals surface area contributed by atoms with Gasteiger partial charge >= 0.3 is 0 Å². The molecule has 3 nitrogen and oxygen atoms in total. The van der Waals surface area contributed by atoms with Crippen LogP contribution < -0.4 is 10.1 Å². The third-order valence-corrected chi connectivity index (χ3v) is 5.14. The highest BCUT2D eigenvalue weighted by molar-refractivity contribution is 6.30. The number of aryl methyl sites for hydroxylation is 2. The van der Waals surface area contributed by atoms with Gasteiger partial charge in [-0.15, -0.1) is 0 Å². The normalized spacial score (nSPS) is 14.4. The van der Waals surface area contributed by atoms with Gasteiger partial charge in [0.15, 0.2) is 6.10 Å². The number of fused-ring (bicyclic) bond motifs is 1. The average Bonchev–Trinajstić information content (AvgIpc) is 2.67. The molecule has 4 heteroatoms. The fourth-order valence-corrected chi connectivity index (χ4v) is 3.49. The molecule has 0 saturated heterocycles. The Morgan fingerprint density at radius 3 is 2.58 bits per heavy atom. The van der Waals surface area contributed by atoms with Crippen molar-refractivity contribution in [3.63, 3.8) is 0 Å². The van der Waals surface area contributed by atoms with Gasteiger partial charge in [0.2, 0.25) is 0 Å². The van der Waals surface area contributed by atoms with Crippen LogP contribution in [-0.2, 0) is 24.1 Å². The number of benzene rings is 2. The zero-order valence-corrected chi connectivity index (χ0v) is 16.0. The maximum absolute atomic E-state index is 12.5. The van der Waals surface area contributed by atoms with Crippen molar-refractivity contribution in [3.05, 3.63) is 64.2 Å². The molecule has 138 valence electrons. The quantitative estimate of drug-likeness (QED) is 0.763. The third kappa shape index (κ3) is 5.01. The summed E-state index contributed by atoms with van der Waals surface area (Å²) in [4.78, 5) is 12.5. The summed E-state index contributed by atoms with van der Waals surface area (Å²) in [5, 5.41) is 3.71. The van der Waals surface area contributed by atoms with Crippen molar-refractivity contribution in [2.45, 2.75) is 51.6 Å². The Bertz CT molecular complexity index is 742. The van der Waals surface area contributed by atoms with E-state index in [4.69, 9.17) is 16.3 Å². The van der Waals surface area contributed by atoms with Gasteiger partial charge in [0, 0.05) is 11.6 Å². The zero-order valence-electron chi connectivity index (χ0n) is 15.3. The van der Waals surface area contributed by atoms with Crippen LogP contribution in [0.3, 0.4) is 0 Å². The molecule has 2 aromatic carbocycles. The van der Waals surface area contributed by atoms with E-state index in [-0.39, 0.29) is 5.91 Å². The van der Waals surface area contributed by atoms with Gasteiger partial charge in [0.25, 0.3) is 5.91 Å². The number of carbonyl (C=O) groups is 1. The van der Waals surface area contributed by atoms with Crippen molar-refractivity contribution in [1.82, 2.24) is 5.32 Å². The lowest BCUT2D eigenvalue weighted by Gasteiger charge is -2.20. The molecular formula is C22H26ClNO2. The third-order valence-electron chi connectivity index (χ3n) is 4.89. The Balaban J connectivity index is 1.52. The number of nitrogens with one attached hydrogen (secondary N) is 1. The topological polar surface area (TPSA) is 38.3 Å². The van der Waals surface area contributed by atoms with Crippen molar-refractivity contribution >= 4 is 17.5 Å². The van der Waals surface area contributed by atoms with Crippen LogP contribution in [0.5, 0.6) is 5.75 Å². The molecule has 3 rings (SSSR count). The summed E-state index contributed by atoms with van der Waals surface area (Å²) < 4.78 is 5.98. The predicted molar refractivity (Wildman–Crippen MR) is 106 cm³/mol. The number of rotatable bonds is 7. The van der Waals surface area contributed by atoms with E-state index >= 15 is 0 Å². The SMILES string of the molecule is CC[C@@H](Oc1ccc2c(c1)CCCC2)C(=O)NCCc1ccc(Cl)cc1. The Morgan fingerprint density at radius 1 is 1.12 bits per heavy atom. The lowest BCUT2D eigenvalue weighted by Crippen LogP contribution is -2.39. The van der Waals surface area contributed by atoms with Crippen LogP contribution in [0.4, 0.5) is 0 Å². The smallest absolute Gasteiger partial charge is 0.261 e. The van der Waals surface area contributed by atoms with Gasteiger partial charge in [-0.05, 0) is 79.5 Å². The number of ether oxygens (including phenoxy) is 1. The number of amides is 1. The lowest BCUT2D eigenvalue weighted by atomic mass is 9.92. The summed E-state index contributed by atoms with van der Waals surface area (Å²) in [7, 11) is 0. The second-order valence-corrected chi connectivity index (χ2v) is 7.26. The molecule has 1 aliphatic rings. The fraction of sp³-hybridized carbons (Fsp3) is 0.409. The Morgan fingerprint density at radius 2 is 1.85 bits per heavy atom. The van der Waals surface area contributed by atoms with Crippen LogP contribution in [0.1, 0.15) is 42.9 Å². The van der Waals surface area contributed by atoms with Crippen molar-refractivity contribution in [1.29, 1.82) is 0 Å². The second kappa shape index (κ2) is 9.09. The Kier molecular flexibility index (Phi) is 6.56. The highest BCUT2D eigenvalue weighted by Gasteiger charge is 2.19. The maximum atomic E-state index is 12.5. The molecule has 26 heavy (non-hydrogen) atoms. The molecule has 0 aromatic heterocycles. The summed E-state index contributed by atoms with van der Waals surface area (Å²) in [6.07, 6.45) is 5.72. The Hall–Kier alpha value is -2.00. The van der Waals surface area contributed by atoms with Gasteiger partial charge < -0.3 is 10.1 Å². The van der Waals surface area contributed by atoms with E-state index in [0.29, 0.717) is 13.0 Å². The molecule has 1 N–H and O–H groups in total. The maximum Gasteiger partial charge on any atom is 0.261 e. The highest BCUT2D eigenvalue weighted by atomic mass is 35.5. The molecule has 1 aliphatic carbocycles. The van der Waals surface area contributed by atoms with E-state index < -0.39 is 6.10 Å². The summed E-state index contributed by atoms with van der Waals surface area (Å²) in [6, 6.07) is 13.9. The predicted octanol–water partition coefficient (Wildman–Crippen LogP) is 4.74. The molecule has 1 amide bonds. The average molecular weight is 372 g/mol. The molecule has 0 bridgehead atoms. The van der Waals surface area contributed by atoms with E-state index in [0.717, 1.165) is 35.6 Å². The van der Waals surface area contributed by atoms with Gasteiger partial charge in [0.05, 0.1) is 0 Å². The number of hydrogen-bond donors (Lipinski definition) is 1. The minimum atomic E-state index is -0.457. The molecule has 0 unspecified atom stereocenters. The van der Waals surface area contributed by atoms with Crippen LogP contribution >= 0.6 is 11.6 Å². The molecule has 0 heterocycles. The lowest BCUT2D eigenvalue weighted by molar-refractivity contribution is -0.128. The fourth-order valence-electron chi connectivity index (χ4n) is 3.36. The van der Waals surface area contributed by atoms with E-state index in [1.165, 1.54) is 24.0 Å². The van der Waals surface area contributed by atoms with E-state index in [9.17, 15) is 4.79 Å². The highest BCUT2D eigenvalue weighted by Crippen LogP contribution is 2.26. The summed E-state index contributed by atoms with van der Waals surface area (Å²) >= 11 is 5.89. The molecule has 0 saturated carbocycles. The monoisotopic (exact) mass is 371 g/mol. The minimum absolute atomic E-state index is 0.0563. The van der Waals surface area contributed by atoms with Crippen molar-refractivity contribution in [2.75, 3.05) is 6.54 Å². The van der Waals surface area contributed by atoms with Crippen LogP contribution in [0, 0.1) is 0 Å². The molecule has 2 aromatic rings. The van der Waals surface area contributed by atoms with Crippen LogP contribution in [0.15, 0.2) is 42.5 Å². The van der Waals surface area contributed by atoms with Crippen LogP contribution in [0.25, 0.3) is 0 Å². The Labute approximate surface area is 160 Å². The summed E-state index contributed by atoms with van der Waals surface area (Å²) in [5.41, 5.74) is 3.94. The molecule has 1 atom stereocenters. The standard InChI is InChI=1S/C22H26ClNO2/c1-2-21(22(25)24-14-13-16-7-10-19(23)11-8-16)26-20-12-9-17-5-3-4-6-18(17)15-20/h7-12,15,21H,2-6,13-14H2,1H3,(H,24,25)/t21-/m1/s1. The number of halogens is 1. The molecule has 0 spiro atoms. The van der Waals surface area contributed by atoms with Crippen molar-refractivity contribution < 1.29 is 9.53 Å². The zero-order chi connectivity index (χ0) is 18.4. The van der Waals surface area contributed by atoms with Gasteiger partial charge in [-0.2, -0.15) is 0 Å². The van der Waals surface area contributed by atoms with Gasteiger partial charge in [-0.3, -0.25) is 4.79 Å². The molecule has 0 radical (unpaired) electrons. The van der Waals surface area contributed by atoms with E-state index in [1.54, 1.807) is 0 Å². The van der Waals surface area contributed by atoms with Crippen molar-refractivity contribution in [3.8, 4) is 5.75 Å². The first-order chi connectivity index (χ1) is 12.7. The van der Waals surface area contributed by atoms with Crippen molar-refractivity contribution in [2.24, 2.45) is 0 Å². The van der Waals surface area contributed by atoms with Gasteiger partial charge in [-0.1, -0.05) is 36.7 Å². The summed E-state index contributed by atoms with van der Waals surface area (Å²) in [6.45, 7) is 2.56. The first-order valence-electron chi connectivity index (χ1n) is 9.46. The first kappa shape index (κ1) is 18.8. The van der Waals surface area contributed by atoms with E-state index in [1.807, 2.05) is 37.3 Å². The molecule has 0 fully saturated rings. The van der Waals surface area contributed by atoms with Gasteiger partial charge in [-0.25, -0.2) is 0 Å². The van der Waals surface area contributed by atoms with Crippen LogP contribution in [-0.4, -0.2) is 18.6 Å². The second-order valence-electron chi connectivity index (χ2n) is 6.82. The van der Waals surface area contributed by atoms with Gasteiger partial charge in [0.1, 0.15) is 5.75 Å². The minimum Gasteiger partial charge on any atom is -0.481 e. The van der Waals surface area contributed by atoms with Crippen LogP contribution in [0.2, 0.25) is 5.02 Å². The number of carbonyl (C=O) groups excluding carboxylic acids is 1. The number of hydrogen-bond acceptors (Lipinski definition) is 2. The first-order valence-corrected chi connectivity index (χ1v) is 9.84. The van der Waals surface area contributed by atoms with E-state index in [2.05, 4.69) is 17.4 Å². The summed E-state index contributed by atoms with van der Waals surface area (Å²) in [5.74, 6) is 0.740. The molecular weight excluding hydrogens is 346 g/mol. The largest absolute Gasteiger partial charge is 0.481 e.